The van der Waals surface area contributed by atoms with Crippen LogP contribution >= 0.6 is 0 Å². The minimum atomic E-state index is -0.264. The van der Waals surface area contributed by atoms with Gasteiger partial charge in [0.1, 0.15) is 11.4 Å². The third-order valence-electron chi connectivity index (χ3n) is 4.25. The summed E-state index contributed by atoms with van der Waals surface area (Å²) in [5.41, 5.74) is -0.0481. The summed E-state index contributed by atoms with van der Waals surface area (Å²) in [6, 6.07) is 7.13. The Morgan fingerprint density at radius 2 is 1.92 bits per heavy atom. The van der Waals surface area contributed by atoms with Crippen LogP contribution in [0.5, 0.6) is 0 Å². The Hall–Kier alpha value is -2.90. The van der Waals surface area contributed by atoms with E-state index >= 15 is 0 Å². The monoisotopic (exact) mass is 342 g/mol. The minimum absolute atomic E-state index is 0.213. The van der Waals surface area contributed by atoms with E-state index in [1.165, 1.54) is 4.57 Å². The van der Waals surface area contributed by atoms with Gasteiger partial charge in [0.25, 0.3) is 11.5 Å². The van der Waals surface area contributed by atoms with E-state index in [1.54, 1.807) is 30.3 Å². The Balaban J connectivity index is 1.64. The first-order valence-electron chi connectivity index (χ1n) is 8.37. The van der Waals surface area contributed by atoms with Gasteiger partial charge in [0.05, 0.1) is 0 Å². The lowest BCUT2D eigenvalue weighted by atomic mass is 10.2. The largest absolute Gasteiger partial charge is 0.369 e. The highest BCUT2D eigenvalue weighted by Crippen LogP contribution is 2.15. The van der Waals surface area contributed by atoms with Gasteiger partial charge in [-0.3, -0.25) is 9.59 Å². The van der Waals surface area contributed by atoms with Gasteiger partial charge in [-0.15, -0.1) is 10.2 Å². The highest BCUT2D eigenvalue weighted by molar-refractivity contribution is 5.94. The number of carbonyl (C=O) groups excluding carboxylic acids is 1. The Kier molecular flexibility index (Phi) is 4.97. The first-order chi connectivity index (χ1) is 12.1. The van der Waals surface area contributed by atoms with Gasteiger partial charge in [-0.1, -0.05) is 0 Å². The standard InChI is InChI=1S/C17H22N6O2/c1-3-18-14-6-7-15(20-19-14)22-9-11-23(12-10-22)17(25)13-5-4-8-21(2)16(13)24/h4-8H,3,9-12H2,1-2H3,(H,18,19). The van der Waals surface area contributed by atoms with Crippen LogP contribution in [0.4, 0.5) is 11.6 Å². The van der Waals surface area contributed by atoms with Crippen molar-refractivity contribution >= 4 is 17.5 Å². The molecule has 1 N–H and O–H groups in total. The van der Waals surface area contributed by atoms with E-state index in [0.717, 1.165) is 18.2 Å². The fourth-order valence-corrected chi connectivity index (χ4v) is 2.84. The average molecular weight is 342 g/mol. The summed E-state index contributed by atoms with van der Waals surface area (Å²) in [6.45, 7) is 5.23. The molecule has 0 atom stereocenters. The quantitative estimate of drug-likeness (QED) is 0.875. The maximum atomic E-state index is 12.6. The predicted octanol–water partition coefficient (Wildman–Crippen LogP) is 0.569. The fourth-order valence-electron chi connectivity index (χ4n) is 2.84. The topological polar surface area (TPSA) is 83.4 Å². The third-order valence-corrected chi connectivity index (χ3v) is 4.25. The van der Waals surface area contributed by atoms with Crippen LogP contribution in [-0.2, 0) is 7.05 Å². The molecule has 0 aromatic carbocycles. The third kappa shape index (κ3) is 3.62. The number of anilines is 2. The number of aromatic nitrogens is 3. The molecule has 2 aromatic rings. The molecule has 1 aliphatic heterocycles. The molecular formula is C17H22N6O2. The molecule has 0 aliphatic carbocycles. The van der Waals surface area contributed by atoms with E-state index in [0.29, 0.717) is 26.2 Å². The number of piperazine rings is 1. The maximum Gasteiger partial charge on any atom is 0.263 e. The molecule has 1 fully saturated rings. The lowest BCUT2D eigenvalue weighted by molar-refractivity contribution is 0.0744. The van der Waals surface area contributed by atoms with Gasteiger partial charge in [-0.25, -0.2) is 0 Å². The molecule has 0 saturated carbocycles. The molecule has 1 saturated heterocycles. The summed E-state index contributed by atoms with van der Waals surface area (Å²) >= 11 is 0. The molecule has 0 spiro atoms. The van der Waals surface area contributed by atoms with E-state index < -0.39 is 0 Å². The molecule has 2 aromatic heterocycles. The van der Waals surface area contributed by atoms with Crippen molar-refractivity contribution in [3.05, 3.63) is 46.4 Å². The lowest BCUT2D eigenvalue weighted by Crippen LogP contribution is -2.50. The van der Waals surface area contributed by atoms with Crippen LogP contribution in [-0.4, -0.2) is 58.3 Å². The van der Waals surface area contributed by atoms with Crippen LogP contribution < -0.4 is 15.8 Å². The Bertz CT molecular complexity index is 794. The minimum Gasteiger partial charge on any atom is -0.369 e. The second-order valence-electron chi connectivity index (χ2n) is 5.92. The molecule has 25 heavy (non-hydrogen) atoms. The summed E-state index contributed by atoms with van der Waals surface area (Å²) in [6.07, 6.45) is 1.65. The summed E-state index contributed by atoms with van der Waals surface area (Å²) in [7, 11) is 1.65. The van der Waals surface area contributed by atoms with Crippen molar-refractivity contribution in [3.63, 3.8) is 0 Å². The van der Waals surface area contributed by atoms with Gasteiger partial charge in [0.2, 0.25) is 0 Å². The summed E-state index contributed by atoms with van der Waals surface area (Å²) in [5, 5.41) is 11.5. The van der Waals surface area contributed by atoms with E-state index in [2.05, 4.69) is 20.4 Å². The van der Waals surface area contributed by atoms with Crippen molar-refractivity contribution in [3.8, 4) is 0 Å². The lowest BCUT2D eigenvalue weighted by Gasteiger charge is -2.35. The van der Waals surface area contributed by atoms with Crippen LogP contribution in [0, 0.1) is 0 Å². The molecule has 1 amide bonds. The zero-order valence-electron chi connectivity index (χ0n) is 14.5. The Labute approximate surface area is 146 Å². The van der Waals surface area contributed by atoms with Crippen molar-refractivity contribution in [2.24, 2.45) is 7.05 Å². The van der Waals surface area contributed by atoms with Gasteiger partial charge >= 0.3 is 0 Å². The number of hydrogen-bond acceptors (Lipinski definition) is 6. The van der Waals surface area contributed by atoms with Gasteiger partial charge in [-0.2, -0.15) is 0 Å². The van der Waals surface area contributed by atoms with Crippen molar-refractivity contribution in [2.75, 3.05) is 42.9 Å². The van der Waals surface area contributed by atoms with E-state index in [4.69, 9.17) is 0 Å². The van der Waals surface area contributed by atoms with Crippen molar-refractivity contribution < 1.29 is 4.79 Å². The molecule has 3 heterocycles. The first kappa shape index (κ1) is 16.9. The number of rotatable bonds is 4. The average Bonchev–Trinajstić information content (AvgIpc) is 2.64. The molecule has 8 nitrogen and oxygen atoms in total. The van der Waals surface area contributed by atoms with Crippen molar-refractivity contribution in [2.45, 2.75) is 6.92 Å². The van der Waals surface area contributed by atoms with E-state index in [9.17, 15) is 9.59 Å². The summed E-state index contributed by atoms with van der Waals surface area (Å²) < 4.78 is 1.42. The van der Waals surface area contributed by atoms with Gasteiger partial charge in [0.15, 0.2) is 5.82 Å². The molecule has 3 rings (SSSR count). The van der Waals surface area contributed by atoms with Crippen LogP contribution in [0.3, 0.4) is 0 Å². The second kappa shape index (κ2) is 7.33. The normalized spacial score (nSPS) is 14.5. The van der Waals surface area contributed by atoms with Crippen LogP contribution in [0.25, 0.3) is 0 Å². The molecule has 0 unspecified atom stereocenters. The van der Waals surface area contributed by atoms with Crippen molar-refractivity contribution in [1.82, 2.24) is 19.7 Å². The van der Waals surface area contributed by atoms with Gasteiger partial charge < -0.3 is 19.7 Å². The SMILES string of the molecule is CCNc1ccc(N2CCN(C(=O)c3cccn(C)c3=O)CC2)nn1. The molecular weight excluding hydrogens is 320 g/mol. The highest BCUT2D eigenvalue weighted by atomic mass is 16.2. The van der Waals surface area contributed by atoms with Crippen LogP contribution in [0.1, 0.15) is 17.3 Å². The number of pyridine rings is 1. The molecule has 132 valence electrons. The molecule has 1 aliphatic rings. The maximum absolute atomic E-state index is 12.6. The smallest absolute Gasteiger partial charge is 0.263 e. The number of amides is 1. The predicted molar refractivity (Wildman–Crippen MR) is 96.0 cm³/mol. The van der Waals surface area contributed by atoms with E-state index in [-0.39, 0.29) is 17.0 Å². The second-order valence-corrected chi connectivity index (χ2v) is 5.92. The van der Waals surface area contributed by atoms with Gasteiger partial charge in [-0.05, 0) is 31.2 Å². The van der Waals surface area contributed by atoms with E-state index in [1.807, 2.05) is 19.1 Å². The van der Waals surface area contributed by atoms with Crippen LogP contribution in [0.15, 0.2) is 35.3 Å². The number of aryl methyl sites for hydroxylation is 1. The summed E-state index contributed by atoms with van der Waals surface area (Å²) in [5.74, 6) is 1.33. The highest BCUT2D eigenvalue weighted by Gasteiger charge is 2.24. The summed E-state index contributed by atoms with van der Waals surface area (Å²) in [4.78, 5) is 28.5. The van der Waals surface area contributed by atoms with Crippen LogP contribution in [0.2, 0.25) is 0 Å². The molecule has 0 bridgehead atoms. The number of nitrogens with one attached hydrogen (secondary N) is 1. The Morgan fingerprint density at radius 3 is 2.56 bits per heavy atom. The fraction of sp³-hybridized carbons (Fsp3) is 0.412. The molecule has 8 heteroatoms. The zero-order valence-corrected chi connectivity index (χ0v) is 14.5. The van der Waals surface area contributed by atoms with Gasteiger partial charge in [0, 0.05) is 46.0 Å². The zero-order chi connectivity index (χ0) is 17.8. The number of hydrogen-bond donors (Lipinski definition) is 1. The first-order valence-corrected chi connectivity index (χ1v) is 8.37. The van der Waals surface area contributed by atoms with Crippen molar-refractivity contribution in [1.29, 1.82) is 0 Å². The molecule has 0 radical (unpaired) electrons. The number of nitrogens with zero attached hydrogens (tertiary/aromatic N) is 5. The Morgan fingerprint density at radius 1 is 1.16 bits per heavy atom. The number of carbonyl (C=O) groups is 1.